The van der Waals surface area contributed by atoms with Crippen LogP contribution in [0.4, 0.5) is 17.1 Å². The summed E-state index contributed by atoms with van der Waals surface area (Å²) in [5.41, 5.74) is 2.29. The summed E-state index contributed by atoms with van der Waals surface area (Å²) < 4.78 is 16.7. The Morgan fingerprint density at radius 1 is 1.20 bits per heavy atom. The highest BCUT2D eigenvalue weighted by molar-refractivity contribution is 7.80. The van der Waals surface area contributed by atoms with E-state index in [2.05, 4.69) is 15.6 Å². The number of carbonyl (C=O) groups excluding carboxylic acids is 1. The van der Waals surface area contributed by atoms with Gasteiger partial charge in [-0.05, 0) is 60.7 Å². The highest BCUT2D eigenvalue weighted by atomic mass is 35.5. The molecule has 2 aromatic heterocycles. The first-order valence-electron chi connectivity index (χ1n) is 12.3. The zero-order chi connectivity index (χ0) is 29.1. The molecule has 1 fully saturated rings. The lowest BCUT2D eigenvalue weighted by atomic mass is 10.0. The van der Waals surface area contributed by atoms with Gasteiger partial charge in [-0.25, -0.2) is 0 Å². The molecule has 2 N–H and O–H groups in total. The lowest BCUT2D eigenvalue weighted by molar-refractivity contribution is -0.384. The van der Waals surface area contributed by atoms with Gasteiger partial charge in [0.1, 0.15) is 29.9 Å². The number of non-ortho nitro benzene ring substituents is 1. The van der Waals surface area contributed by atoms with Crippen molar-refractivity contribution in [1.82, 2.24) is 10.3 Å². The third-order valence-corrected chi connectivity index (χ3v) is 7.09. The summed E-state index contributed by atoms with van der Waals surface area (Å²) in [5.74, 6) is 0.977. The fourth-order valence-electron chi connectivity index (χ4n) is 4.65. The van der Waals surface area contributed by atoms with Crippen molar-refractivity contribution < 1.29 is 23.6 Å². The molecule has 0 saturated carbocycles. The normalized spacial score (nSPS) is 16.4. The van der Waals surface area contributed by atoms with E-state index in [0.29, 0.717) is 44.3 Å². The molecule has 210 valence electrons. The van der Waals surface area contributed by atoms with Crippen LogP contribution in [0.5, 0.6) is 5.75 Å². The smallest absolute Gasteiger partial charge is 0.273 e. The number of anilines is 2. The quantitative estimate of drug-likeness (QED) is 0.142. The van der Waals surface area contributed by atoms with Crippen molar-refractivity contribution in [1.29, 1.82) is 0 Å². The molecule has 0 aliphatic carbocycles. The number of aromatic nitrogens is 1. The predicted molar refractivity (Wildman–Crippen MR) is 157 cm³/mol. The summed E-state index contributed by atoms with van der Waals surface area (Å²) in [6, 6.07) is 17.8. The molecule has 3 heterocycles. The van der Waals surface area contributed by atoms with E-state index < -0.39 is 11.0 Å². The highest BCUT2D eigenvalue weighted by Gasteiger charge is 2.43. The van der Waals surface area contributed by atoms with Gasteiger partial charge in [-0.1, -0.05) is 17.7 Å². The number of hydrogen-bond acceptors (Lipinski definition) is 8. The zero-order valence-corrected chi connectivity index (χ0v) is 23.4. The highest BCUT2D eigenvalue weighted by Crippen LogP contribution is 2.45. The Bertz CT molecular complexity index is 1610. The monoisotopic (exact) mass is 593 g/mol. The number of pyridine rings is 1. The second kappa shape index (κ2) is 11.9. The average Bonchev–Trinajstić information content (AvgIpc) is 3.59. The van der Waals surface area contributed by atoms with Crippen LogP contribution < -0.4 is 20.3 Å². The molecule has 5 rings (SSSR count). The summed E-state index contributed by atoms with van der Waals surface area (Å²) in [6.45, 7) is -0.105. The number of nitro groups is 1. The third kappa shape index (κ3) is 5.71. The van der Waals surface area contributed by atoms with Crippen molar-refractivity contribution in [2.45, 2.75) is 12.1 Å². The Morgan fingerprint density at radius 3 is 2.71 bits per heavy atom. The van der Waals surface area contributed by atoms with Gasteiger partial charge < -0.3 is 29.4 Å². The van der Waals surface area contributed by atoms with Crippen LogP contribution >= 0.6 is 23.8 Å². The Morgan fingerprint density at radius 2 is 2.02 bits per heavy atom. The summed E-state index contributed by atoms with van der Waals surface area (Å²) in [6.07, 6.45) is 1.70. The Labute approximate surface area is 245 Å². The fraction of sp³-hybridized carbons (Fsp3) is 0.179. The number of halogens is 1. The molecule has 41 heavy (non-hydrogen) atoms. The van der Waals surface area contributed by atoms with Crippen molar-refractivity contribution in [3.63, 3.8) is 0 Å². The largest absolute Gasteiger partial charge is 0.496 e. The number of methoxy groups -OCH3 is 2. The molecular formula is C28H24ClN5O6S. The SMILES string of the molecule is COCC(=O)Nc1ccc(N2C(=S)N[C@@H](c3ccccn3)[C@@H]2c2ccc(-c3ccc([N+](=O)[O-])cc3OC)o2)cc1Cl. The maximum atomic E-state index is 12.0. The molecule has 11 nitrogen and oxygen atoms in total. The molecule has 0 spiro atoms. The first-order chi connectivity index (χ1) is 19.8. The number of furan rings is 1. The molecule has 2 atom stereocenters. The van der Waals surface area contributed by atoms with Crippen LogP contribution in [0.1, 0.15) is 23.5 Å². The molecule has 0 unspecified atom stereocenters. The first kappa shape index (κ1) is 28.0. The van der Waals surface area contributed by atoms with Crippen molar-refractivity contribution in [2.24, 2.45) is 0 Å². The van der Waals surface area contributed by atoms with Gasteiger partial charge in [0, 0.05) is 25.1 Å². The van der Waals surface area contributed by atoms with Crippen LogP contribution in [0.2, 0.25) is 5.02 Å². The zero-order valence-electron chi connectivity index (χ0n) is 21.9. The minimum Gasteiger partial charge on any atom is -0.496 e. The van der Waals surface area contributed by atoms with Crippen molar-refractivity contribution in [2.75, 3.05) is 31.0 Å². The summed E-state index contributed by atoms with van der Waals surface area (Å²) in [5, 5.41) is 18.0. The van der Waals surface area contributed by atoms with E-state index in [1.54, 1.807) is 36.5 Å². The number of ether oxygens (including phenoxy) is 2. The van der Waals surface area contributed by atoms with Crippen LogP contribution in [-0.4, -0.2) is 41.8 Å². The van der Waals surface area contributed by atoms with Gasteiger partial charge in [0.15, 0.2) is 5.11 Å². The minimum atomic E-state index is -0.486. The lowest BCUT2D eigenvalue weighted by Gasteiger charge is -2.26. The topological polar surface area (TPSA) is 132 Å². The van der Waals surface area contributed by atoms with Crippen LogP contribution in [0.3, 0.4) is 0 Å². The molecule has 1 aliphatic heterocycles. The number of nitro benzene ring substituents is 1. The molecule has 0 radical (unpaired) electrons. The summed E-state index contributed by atoms with van der Waals surface area (Å²) in [7, 11) is 2.87. The summed E-state index contributed by atoms with van der Waals surface area (Å²) >= 11 is 12.3. The van der Waals surface area contributed by atoms with E-state index >= 15 is 0 Å². The molecule has 1 amide bonds. The van der Waals surface area contributed by atoms with Crippen LogP contribution in [0, 0.1) is 10.1 Å². The van der Waals surface area contributed by atoms with Crippen molar-refractivity contribution >= 4 is 51.9 Å². The van der Waals surface area contributed by atoms with E-state index in [4.69, 9.17) is 37.7 Å². The van der Waals surface area contributed by atoms with Gasteiger partial charge in [0.25, 0.3) is 5.69 Å². The third-order valence-electron chi connectivity index (χ3n) is 6.46. The van der Waals surface area contributed by atoms with Crippen LogP contribution in [-0.2, 0) is 9.53 Å². The fourth-order valence-corrected chi connectivity index (χ4v) is 5.22. The number of benzene rings is 2. The van der Waals surface area contributed by atoms with Crippen LogP contribution in [0.15, 0.2) is 77.3 Å². The van der Waals surface area contributed by atoms with Gasteiger partial charge in [0.2, 0.25) is 5.91 Å². The molecular weight excluding hydrogens is 570 g/mol. The second-order valence-corrected chi connectivity index (χ2v) is 9.78. The number of nitrogens with zero attached hydrogens (tertiary/aromatic N) is 3. The molecule has 4 aromatic rings. The van der Waals surface area contributed by atoms with Gasteiger partial charge in [-0.15, -0.1) is 0 Å². The number of rotatable bonds is 9. The molecule has 2 aromatic carbocycles. The average molecular weight is 594 g/mol. The number of carbonyl (C=O) groups is 1. The molecule has 1 saturated heterocycles. The molecule has 13 heteroatoms. The van der Waals surface area contributed by atoms with E-state index in [9.17, 15) is 14.9 Å². The van der Waals surface area contributed by atoms with Crippen LogP contribution in [0.25, 0.3) is 11.3 Å². The number of amides is 1. The number of thiocarbonyl (C=S) groups is 1. The van der Waals surface area contributed by atoms with E-state index in [1.165, 1.54) is 26.4 Å². The van der Waals surface area contributed by atoms with Crippen molar-refractivity contribution in [3.8, 4) is 17.1 Å². The summed E-state index contributed by atoms with van der Waals surface area (Å²) in [4.78, 5) is 29.2. The minimum absolute atomic E-state index is 0.0946. The number of hydrogen-bond donors (Lipinski definition) is 2. The molecule has 0 bridgehead atoms. The number of nitrogens with one attached hydrogen (secondary N) is 2. The Balaban J connectivity index is 1.55. The van der Waals surface area contributed by atoms with Gasteiger partial charge in [-0.2, -0.15) is 0 Å². The maximum absolute atomic E-state index is 12.0. The van der Waals surface area contributed by atoms with Gasteiger partial charge in [0.05, 0.1) is 46.1 Å². The van der Waals surface area contributed by atoms with E-state index in [1.807, 2.05) is 29.2 Å². The lowest BCUT2D eigenvalue weighted by Crippen LogP contribution is -2.29. The van der Waals surface area contributed by atoms with Crippen molar-refractivity contribution in [3.05, 3.63) is 99.5 Å². The van der Waals surface area contributed by atoms with E-state index in [-0.39, 0.29) is 24.2 Å². The predicted octanol–water partition coefficient (Wildman–Crippen LogP) is 5.67. The standard InChI is InChI=1S/C28H24ClN5O6S/c1-38-15-25(35)31-20-9-7-16(13-19(20)29)33-27(26(32-28(33)41)21-5-3-4-12-30-21)23-11-10-22(40-23)18-8-6-17(34(36)37)14-24(18)39-2/h3-14,26-27H,15H2,1-2H3,(H,31,35)(H,32,41)/t26-,27-/m0/s1. The van der Waals surface area contributed by atoms with Gasteiger partial charge in [-0.3, -0.25) is 19.9 Å². The Hall–Kier alpha value is -4.52. The Kier molecular flexibility index (Phi) is 8.15. The van der Waals surface area contributed by atoms with E-state index in [0.717, 1.165) is 5.69 Å². The maximum Gasteiger partial charge on any atom is 0.273 e. The molecule has 1 aliphatic rings. The first-order valence-corrected chi connectivity index (χ1v) is 13.1. The van der Waals surface area contributed by atoms with Gasteiger partial charge >= 0.3 is 0 Å². The second-order valence-electron chi connectivity index (χ2n) is 8.99.